The third kappa shape index (κ3) is 3.10. The van der Waals surface area contributed by atoms with E-state index in [2.05, 4.69) is 12.0 Å². The Morgan fingerprint density at radius 1 is 1.33 bits per heavy atom. The second-order valence-corrected chi connectivity index (χ2v) is 4.62. The molecule has 0 saturated heterocycles. The number of rotatable bonds is 5. The minimum Gasteiger partial charge on any atom is -0.273 e. The van der Waals surface area contributed by atoms with Crippen LogP contribution >= 0.6 is 11.6 Å². The average molecular weight is 267 g/mol. The minimum atomic E-state index is -0.217. The van der Waals surface area contributed by atoms with Crippen LogP contribution < -0.4 is 0 Å². The number of hydrogen-bond acceptors (Lipinski definition) is 1. The first kappa shape index (κ1) is 13.1. The molecule has 0 fully saturated rings. The van der Waals surface area contributed by atoms with Crippen LogP contribution in [0.3, 0.4) is 0 Å². The summed E-state index contributed by atoms with van der Waals surface area (Å²) in [5.74, 6) is 0.496. The molecule has 0 bridgehead atoms. The molecule has 96 valence electrons. The molecule has 18 heavy (non-hydrogen) atoms. The maximum Gasteiger partial charge on any atom is 0.123 e. The molecule has 0 N–H and O–H groups in total. The highest BCUT2D eigenvalue weighted by Gasteiger charge is 2.12. The van der Waals surface area contributed by atoms with Crippen LogP contribution in [-0.4, -0.2) is 15.7 Å². The fourth-order valence-electron chi connectivity index (χ4n) is 1.97. The molecular formula is C14H16ClFN2. The molecule has 0 spiro atoms. The summed E-state index contributed by atoms with van der Waals surface area (Å²) in [5, 5.41) is 4.24. The number of hydrogen-bond donors (Lipinski definition) is 0. The average Bonchev–Trinajstić information content (AvgIpc) is 2.85. The number of aromatic nitrogens is 2. The van der Waals surface area contributed by atoms with Crippen molar-refractivity contribution in [2.24, 2.45) is 0 Å². The van der Waals surface area contributed by atoms with Gasteiger partial charge >= 0.3 is 0 Å². The topological polar surface area (TPSA) is 17.8 Å². The van der Waals surface area contributed by atoms with Crippen molar-refractivity contribution >= 4 is 11.6 Å². The molecule has 1 atom stereocenters. The van der Waals surface area contributed by atoms with Gasteiger partial charge in [0.15, 0.2) is 0 Å². The van der Waals surface area contributed by atoms with Crippen LogP contribution in [0, 0.1) is 5.82 Å². The third-order valence-corrected chi connectivity index (χ3v) is 3.39. The molecular weight excluding hydrogens is 251 g/mol. The summed E-state index contributed by atoms with van der Waals surface area (Å²) in [7, 11) is 0. The van der Waals surface area contributed by atoms with Gasteiger partial charge in [0.05, 0.1) is 6.20 Å². The molecule has 0 radical (unpaired) electrons. The first-order valence-electron chi connectivity index (χ1n) is 6.05. The molecule has 0 amide bonds. The summed E-state index contributed by atoms with van der Waals surface area (Å²) in [6.45, 7) is 2.91. The van der Waals surface area contributed by atoms with Crippen molar-refractivity contribution in [1.29, 1.82) is 0 Å². The highest BCUT2D eigenvalue weighted by atomic mass is 35.5. The van der Waals surface area contributed by atoms with Gasteiger partial charge in [-0.1, -0.05) is 12.1 Å². The van der Waals surface area contributed by atoms with E-state index in [1.165, 1.54) is 12.1 Å². The Balaban J connectivity index is 2.11. The molecule has 0 aliphatic carbocycles. The van der Waals surface area contributed by atoms with Crippen LogP contribution in [0.4, 0.5) is 4.39 Å². The van der Waals surface area contributed by atoms with Gasteiger partial charge in [0.2, 0.25) is 0 Å². The van der Waals surface area contributed by atoms with Crippen LogP contribution in [0.1, 0.15) is 24.0 Å². The normalized spacial score (nSPS) is 12.6. The fourth-order valence-corrected chi connectivity index (χ4v) is 2.25. The van der Waals surface area contributed by atoms with Crippen molar-refractivity contribution in [3.63, 3.8) is 0 Å². The van der Waals surface area contributed by atoms with Gasteiger partial charge in [0, 0.05) is 24.5 Å². The molecule has 1 heterocycles. The summed E-state index contributed by atoms with van der Waals surface area (Å²) in [4.78, 5) is 0. The van der Waals surface area contributed by atoms with E-state index in [1.807, 2.05) is 17.1 Å². The lowest BCUT2D eigenvalue weighted by atomic mass is 9.95. The predicted octanol–water partition coefficient (Wildman–Crippen LogP) is 3.61. The van der Waals surface area contributed by atoms with Crippen molar-refractivity contribution in [2.75, 3.05) is 5.88 Å². The van der Waals surface area contributed by atoms with Crippen molar-refractivity contribution in [3.05, 3.63) is 53.6 Å². The van der Waals surface area contributed by atoms with Crippen molar-refractivity contribution in [3.8, 4) is 0 Å². The number of alkyl halides is 1. The number of aryl methyl sites for hydroxylation is 1. The van der Waals surface area contributed by atoms with Crippen LogP contribution in [0.2, 0.25) is 0 Å². The molecule has 0 aliphatic heterocycles. The van der Waals surface area contributed by atoms with E-state index >= 15 is 0 Å². The second kappa shape index (κ2) is 6.01. The first-order chi connectivity index (χ1) is 8.72. The molecule has 1 aromatic carbocycles. The lowest BCUT2D eigenvalue weighted by Crippen LogP contribution is -2.04. The third-order valence-electron chi connectivity index (χ3n) is 3.02. The van der Waals surface area contributed by atoms with E-state index in [9.17, 15) is 4.39 Å². The standard InChI is InChI=1S/C14H16ClFN2/c1-2-18-10-11(9-17-18)7-13(8-15)12-3-5-14(16)6-4-12/h3-6,9-10,13H,2,7-8H2,1H3. The van der Waals surface area contributed by atoms with Crippen molar-refractivity contribution < 1.29 is 4.39 Å². The Hall–Kier alpha value is -1.35. The van der Waals surface area contributed by atoms with Gasteiger partial charge in [-0.05, 0) is 36.6 Å². The number of halogens is 2. The first-order valence-corrected chi connectivity index (χ1v) is 6.59. The summed E-state index contributed by atoms with van der Waals surface area (Å²) >= 11 is 6.01. The van der Waals surface area contributed by atoms with Crippen LogP contribution in [-0.2, 0) is 13.0 Å². The largest absolute Gasteiger partial charge is 0.273 e. The highest BCUT2D eigenvalue weighted by Crippen LogP contribution is 2.22. The fraction of sp³-hybridized carbons (Fsp3) is 0.357. The predicted molar refractivity (Wildman–Crippen MR) is 71.5 cm³/mol. The Bertz CT molecular complexity index is 493. The zero-order chi connectivity index (χ0) is 13.0. The van der Waals surface area contributed by atoms with E-state index < -0.39 is 0 Å². The van der Waals surface area contributed by atoms with Gasteiger partial charge < -0.3 is 0 Å². The quantitative estimate of drug-likeness (QED) is 0.756. The number of benzene rings is 1. The molecule has 1 unspecified atom stereocenters. The Labute approximate surface area is 111 Å². The zero-order valence-corrected chi connectivity index (χ0v) is 11.1. The summed E-state index contributed by atoms with van der Waals surface area (Å²) < 4.78 is 14.8. The van der Waals surface area contributed by atoms with Crippen LogP contribution in [0.25, 0.3) is 0 Å². The Kier molecular flexibility index (Phi) is 4.37. The Morgan fingerprint density at radius 2 is 2.06 bits per heavy atom. The summed E-state index contributed by atoms with van der Waals surface area (Å²) in [6, 6.07) is 6.55. The molecule has 2 nitrogen and oxygen atoms in total. The van der Waals surface area contributed by atoms with Gasteiger partial charge in [0.25, 0.3) is 0 Å². The van der Waals surface area contributed by atoms with Gasteiger partial charge in [-0.3, -0.25) is 4.68 Å². The maximum atomic E-state index is 12.9. The lowest BCUT2D eigenvalue weighted by Gasteiger charge is -2.13. The van der Waals surface area contributed by atoms with E-state index in [-0.39, 0.29) is 11.7 Å². The summed E-state index contributed by atoms with van der Waals surface area (Å²) in [5.41, 5.74) is 2.22. The van der Waals surface area contributed by atoms with Gasteiger partial charge in [0.1, 0.15) is 5.82 Å². The van der Waals surface area contributed by atoms with Crippen LogP contribution in [0.15, 0.2) is 36.7 Å². The van der Waals surface area contributed by atoms with Gasteiger partial charge in [-0.2, -0.15) is 5.10 Å². The molecule has 2 rings (SSSR count). The monoisotopic (exact) mass is 266 g/mol. The van der Waals surface area contributed by atoms with Crippen molar-refractivity contribution in [1.82, 2.24) is 9.78 Å². The molecule has 4 heteroatoms. The van der Waals surface area contributed by atoms with Gasteiger partial charge in [-0.25, -0.2) is 4.39 Å². The van der Waals surface area contributed by atoms with Crippen LogP contribution in [0.5, 0.6) is 0 Å². The molecule has 2 aromatic rings. The highest BCUT2D eigenvalue weighted by molar-refractivity contribution is 6.18. The molecule has 0 aliphatic rings. The second-order valence-electron chi connectivity index (χ2n) is 4.31. The number of nitrogens with zero attached hydrogens (tertiary/aromatic N) is 2. The van der Waals surface area contributed by atoms with E-state index in [0.717, 1.165) is 24.1 Å². The smallest absolute Gasteiger partial charge is 0.123 e. The minimum absolute atomic E-state index is 0.196. The van der Waals surface area contributed by atoms with Crippen molar-refractivity contribution in [2.45, 2.75) is 25.8 Å². The van der Waals surface area contributed by atoms with Gasteiger partial charge in [-0.15, -0.1) is 11.6 Å². The van der Waals surface area contributed by atoms with E-state index in [0.29, 0.717) is 5.88 Å². The van der Waals surface area contributed by atoms with E-state index in [4.69, 9.17) is 11.6 Å². The molecule has 0 saturated carbocycles. The zero-order valence-electron chi connectivity index (χ0n) is 10.3. The molecule has 1 aromatic heterocycles. The Morgan fingerprint density at radius 3 is 2.61 bits per heavy atom. The SMILES string of the molecule is CCn1cc(CC(CCl)c2ccc(F)cc2)cn1. The maximum absolute atomic E-state index is 12.9. The summed E-state index contributed by atoms with van der Waals surface area (Å²) in [6.07, 6.45) is 4.73. The van der Waals surface area contributed by atoms with E-state index in [1.54, 1.807) is 12.1 Å². The lowest BCUT2D eigenvalue weighted by molar-refractivity contribution is 0.625.